The molecule has 4 heteroatoms. The molecule has 2 rings (SSSR count). The fourth-order valence-electron chi connectivity index (χ4n) is 1.30. The van der Waals surface area contributed by atoms with Crippen LogP contribution in [0.25, 0.3) is 12.2 Å². The average molecular weight is 237 g/mol. The fourth-order valence-corrected chi connectivity index (χ4v) is 1.30. The number of aromatic amines is 1. The predicted molar refractivity (Wildman–Crippen MR) is 67.1 cm³/mol. The van der Waals surface area contributed by atoms with Crippen LogP contribution in [0.5, 0.6) is 0 Å². The Hall–Kier alpha value is -1.58. The van der Waals surface area contributed by atoms with E-state index in [9.17, 15) is 0 Å². The van der Waals surface area contributed by atoms with Gasteiger partial charge in [0.05, 0.1) is 18.0 Å². The van der Waals surface area contributed by atoms with Crippen LogP contribution in [0.15, 0.2) is 36.4 Å². The van der Waals surface area contributed by atoms with Gasteiger partial charge < -0.3 is 5.11 Å². The standard InChI is InChI=1S/C12H12N2O.ClH/c15-9-12-8-11(13-14-12)7-6-10-4-2-1-3-5-10;/h1-8,15H,9H2,(H,13,14);1H. The summed E-state index contributed by atoms with van der Waals surface area (Å²) in [6.45, 7) is -0.0321. The molecule has 0 bridgehead atoms. The minimum Gasteiger partial charge on any atom is -0.390 e. The van der Waals surface area contributed by atoms with Crippen molar-refractivity contribution in [1.82, 2.24) is 10.2 Å². The van der Waals surface area contributed by atoms with Crippen molar-refractivity contribution < 1.29 is 5.11 Å². The van der Waals surface area contributed by atoms with Crippen LogP contribution in [0.1, 0.15) is 17.0 Å². The molecule has 3 nitrogen and oxygen atoms in total. The van der Waals surface area contributed by atoms with Gasteiger partial charge in [0.2, 0.25) is 0 Å². The molecule has 84 valence electrons. The summed E-state index contributed by atoms with van der Waals surface area (Å²) >= 11 is 0. The van der Waals surface area contributed by atoms with E-state index in [1.807, 2.05) is 48.6 Å². The molecular weight excluding hydrogens is 224 g/mol. The first-order valence-corrected chi connectivity index (χ1v) is 4.77. The Morgan fingerprint density at radius 3 is 2.56 bits per heavy atom. The summed E-state index contributed by atoms with van der Waals surface area (Å²) in [5.74, 6) is 0. The first kappa shape index (κ1) is 12.5. The molecule has 2 N–H and O–H groups in total. The Balaban J connectivity index is 0.00000128. The largest absolute Gasteiger partial charge is 0.390 e. The Morgan fingerprint density at radius 1 is 1.19 bits per heavy atom. The lowest BCUT2D eigenvalue weighted by Gasteiger charge is -1.89. The normalized spacial score (nSPS) is 10.3. The van der Waals surface area contributed by atoms with Crippen molar-refractivity contribution in [3.63, 3.8) is 0 Å². The third-order valence-electron chi connectivity index (χ3n) is 2.07. The number of benzene rings is 1. The number of aromatic nitrogens is 2. The van der Waals surface area contributed by atoms with Gasteiger partial charge in [0.1, 0.15) is 0 Å². The number of aliphatic hydroxyl groups excluding tert-OH is 1. The Kier molecular flexibility index (Phi) is 4.76. The van der Waals surface area contributed by atoms with Gasteiger partial charge in [-0.3, -0.25) is 5.10 Å². The van der Waals surface area contributed by atoms with E-state index in [-0.39, 0.29) is 19.0 Å². The summed E-state index contributed by atoms with van der Waals surface area (Å²) in [5.41, 5.74) is 2.68. The average Bonchev–Trinajstić information content (AvgIpc) is 2.76. The maximum absolute atomic E-state index is 8.83. The second-order valence-electron chi connectivity index (χ2n) is 3.22. The smallest absolute Gasteiger partial charge is 0.0882 e. The third kappa shape index (κ3) is 3.22. The lowest BCUT2D eigenvalue weighted by Crippen LogP contribution is -1.79. The number of hydrogen-bond acceptors (Lipinski definition) is 2. The molecule has 0 aliphatic heterocycles. The van der Waals surface area contributed by atoms with Gasteiger partial charge in [-0.15, -0.1) is 12.4 Å². The van der Waals surface area contributed by atoms with Crippen molar-refractivity contribution >= 4 is 24.6 Å². The monoisotopic (exact) mass is 236 g/mol. The molecule has 0 unspecified atom stereocenters. The van der Waals surface area contributed by atoms with Crippen LogP contribution < -0.4 is 0 Å². The first-order chi connectivity index (χ1) is 7.38. The Labute approximate surface area is 100 Å². The Morgan fingerprint density at radius 2 is 1.94 bits per heavy atom. The molecule has 1 aromatic carbocycles. The van der Waals surface area contributed by atoms with E-state index in [0.717, 1.165) is 11.3 Å². The zero-order valence-electron chi connectivity index (χ0n) is 8.63. The molecule has 0 atom stereocenters. The van der Waals surface area contributed by atoms with Gasteiger partial charge in [-0.2, -0.15) is 5.10 Å². The number of H-pyrrole nitrogens is 1. The van der Waals surface area contributed by atoms with E-state index in [4.69, 9.17) is 5.11 Å². The molecule has 0 radical (unpaired) electrons. The lowest BCUT2D eigenvalue weighted by molar-refractivity contribution is 0.276. The molecular formula is C12H13ClN2O. The van der Waals surface area contributed by atoms with Gasteiger partial charge in [0.15, 0.2) is 0 Å². The van der Waals surface area contributed by atoms with Crippen LogP contribution in [0, 0.1) is 0 Å². The molecule has 0 saturated heterocycles. The van der Waals surface area contributed by atoms with Gasteiger partial charge in [-0.25, -0.2) is 0 Å². The molecule has 0 aliphatic rings. The number of rotatable bonds is 3. The highest BCUT2D eigenvalue weighted by atomic mass is 35.5. The number of hydrogen-bond donors (Lipinski definition) is 2. The minimum absolute atomic E-state index is 0. The molecule has 0 spiro atoms. The second kappa shape index (κ2) is 6.10. The van der Waals surface area contributed by atoms with Crippen LogP contribution in [-0.4, -0.2) is 15.3 Å². The van der Waals surface area contributed by atoms with Crippen LogP contribution in [0.4, 0.5) is 0 Å². The van der Waals surface area contributed by atoms with E-state index in [1.165, 1.54) is 0 Å². The quantitative estimate of drug-likeness (QED) is 0.860. The molecule has 2 aromatic rings. The van der Waals surface area contributed by atoms with Crippen molar-refractivity contribution in [3.05, 3.63) is 53.3 Å². The summed E-state index contributed by atoms with van der Waals surface area (Å²) < 4.78 is 0. The fraction of sp³-hybridized carbons (Fsp3) is 0.0833. The number of aliphatic hydroxyl groups is 1. The van der Waals surface area contributed by atoms with Crippen LogP contribution in [0.3, 0.4) is 0 Å². The minimum atomic E-state index is -0.0321. The van der Waals surface area contributed by atoms with Crippen molar-refractivity contribution in [2.75, 3.05) is 0 Å². The van der Waals surface area contributed by atoms with Gasteiger partial charge in [0.25, 0.3) is 0 Å². The number of nitrogens with one attached hydrogen (secondary N) is 1. The molecule has 0 fully saturated rings. The molecule has 1 heterocycles. The highest BCUT2D eigenvalue weighted by Crippen LogP contribution is 2.06. The summed E-state index contributed by atoms with van der Waals surface area (Å²) in [4.78, 5) is 0. The van der Waals surface area contributed by atoms with E-state index in [0.29, 0.717) is 5.69 Å². The molecule has 0 saturated carbocycles. The highest BCUT2D eigenvalue weighted by molar-refractivity contribution is 5.85. The SMILES string of the molecule is Cl.OCc1cc(C=Cc2ccccc2)[nH]n1. The van der Waals surface area contributed by atoms with Crippen molar-refractivity contribution in [3.8, 4) is 0 Å². The van der Waals surface area contributed by atoms with Crippen molar-refractivity contribution in [1.29, 1.82) is 0 Å². The summed E-state index contributed by atoms with van der Waals surface area (Å²) in [6, 6.07) is 11.8. The van der Waals surface area contributed by atoms with Gasteiger partial charge in [0, 0.05) is 0 Å². The Bertz CT molecular complexity index is 451. The van der Waals surface area contributed by atoms with Crippen LogP contribution in [-0.2, 0) is 6.61 Å². The molecule has 0 aliphatic carbocycles. The maximum Gasteiger partial charge on any atom is 0.0882 e. The molecule has 0 amide bonds. The predicted octanol–water partition coefficient (Wildman–Crippen LogP) is 2.49. The second-order valence-corrected chi connectivity index (χ2v) is 3.22. The van der Waals surface area contributed by atoms with E-state index in [2.05, 4.69) is 10.2 Å². The zero-order valence-corrected chi connectivity index (χ0v) is 9.45. The van der Waals surface area contributed by atoms with Crippen LogP contribution >= 0.6 is 12.4 Å². The van der Waals surface area contributed by atoms with E-state index in [1.54, 1.807) is 0 Å². The van der Waals surface area contributed by atoms with Gasteiger partial charge in [-0.05, 0) is 17.7 Å². The topological polar surface area (TPSA) is 48.9 Å². The van der Waals surface area contributed by atoms with E-state index >= 15 is 0 Å². The van der Waals surface area contributed by atoms with Crippen LogP contribution in [0.2, 0.25) is 0 Å². The van der Waals surface area contributed by atoms with Crippen molar-refractivity contribution in [2.45, 2.75) is 6.61 Å². The first-order valence-electron chi connectivity index (χ1n) is 4.77. The maximum atomic E-state index is 8.83. The number of nitrogens with zero attached hydrogens (tertiary/aromatic N) is 1. The summed E-state index contributed by atoms with van der Waals surface area (Å²) in [5, 5.41) is 15.6. The van der Waals surface area contributed by atoms with Crippen molar-refractivity contribution in [2.24, 2.45) is 0 Å². The molecule has 1 aromatic heterocycles. The van der Waals surface area contributed by atoms with Gasteiger partial charge in [-0.1, -0.05) is 36.4 Å². The number of halogens is 1. The van der Waals surface area contributed by atoms with E-state index < -0.39 is 0 Å². The van der Waals surface area contributed by atoms with Gasteiger partial charge >= 0.3 is 0 Å². The molecule has 16 heavy (non-hydrogen) atoms. The zero-order chi connectivity index (χ0) is 10.5. The lowest BCUT2D eigenvalue weighted by atomic mass is 10.2. The summed E-state index contributed by atoms with van der Waals surface area (Å²) in [7, 11) is 0. The summed E-state index contributed by atoms with van der Waals surface area (Å²) in [6.07, 6.45) is 3.93. The third-order valence-corrected chi connectivity index (χ3v) is 2.07. The highest BCUT2D eigenvalue weighted by Gasteiger charge is 1.95.